The molecule has 0 saturated carbocycles. The Bertz CT molecular complexity index is 1150. The van der Waals surface area contributed by atoms with Gasteiger partial charge in [-0.15, -0.1) is 0 Å². The minimum atomic E-state index is -4.38. The van der Waals surface area contributed by atoms with E-state index in [2.05, 4.69) is 62.5 Å². The van der Waals surface area contributed by atoms with Crippen LogP contribution in [0.15, 0.2) is 48.6 Å². The normalized spacial score (nSPS) is 13.9. The Morgan fingerprint density at radius 2 is 0.915 bits per heavy atom. The maximum atomic E-state index is 12.7. The van der Waals surface area contributed by atoms with Gasteiger partial charge < -0.3 is 18.9 Å². The fraction of sp³-hybridized carbons (Fsp3) is 0.796. The van der Waals surface area contributed by atoms with Crippen molar-refractivity contribution in [3.63, 3.8) is 0 Å². The van der Waals surface area contributed by atoms with Crippen LogP contribution < -0.4 is 0 Å². The van der Waals surface area contributed by atoms with Gasteiger partial charge in [0.05, 0.1) is 27.7 Å². The minimum Gasteiger partial charge on any atom is -0.462 e. The molecule has 0 fully saturated rings. The van der Waals surface area contributed by atoms with Crippen LogP contribution in [0.4, 0.5) is 0 Å². The van der Waals surface area contributed by atoms with Crippen LogP contribution in [0.1, 0.15) is 200 Å². The summed E-state index contributed by atoms with van der Waals surface area (Å²) in [6.07, 6.45) is 48.6. The number of likely N-dealkylation sites (N-methyl/N-ethyl adjacent to an activating group) is 1. The molecule has 0 aliphatic carbocycles. The summed E-state index contributed by atoms with van der Waals surface area (Å²) in [6, 6.07) is 0. The van der Waals surface area contributed by atoms with Gasteiger partial charge in [0, 0.05) is 12.8 Å². The van der Waals surface area contributed by atoms with Crippen molar-refractivity contribution in [2.24, 2.45) is 0 Å². The van der Waals surface area contributed by atoms with Gasteiger partial charge in [-0.3, -0.25) is 18.6 Å². The van der Waals surface area contributed by atoms with Crippen LogP contribution in [-0.4, -0.2) is 74.9 Å². The number of hydrogen-bond acceptors (Lipinski definition) is 7. The lowest BCUT2D eigenvalue weighted by atomic mass is 10.1. The molecule has 0 saturated heterocycles. The van der Waals surface area contributed by atoms with Gasteiger partial charge in [0.25, 0.3) is 0 Å². The lowest BCUT2D eigenvalue weighted by Crippen LogP contribution is -2.37. The highest BCUT2D eigenvalue weighted by molar-refractivity contribution is 7.47. The molecule has 2 unspecified atom stereocenters. The number of allylic oxidation sites excluding steroid dienone is 8. The van der Waals surface area contributed by atoms with E-state index in [0.29, 0.717) is 17.4 Å². The third kappa shape index (κ3) is 45.3. The molecule has 9 nitrogen and oxygen atoms in total. The number of quaternary nitrogens is 1. The van der Waals surface area contributed by atoms with Crippen LogP contribution in [0.25, 0.3) is 0 Å². The summed E-state index contributed by atoms with van der Waals surface area (Å²) in [5.41, 5.74) is 0. The molecular weight excluding hydrogens is 762 g/mol. The highest BCUT2D eigenvalue weighted by Gasteiger charge is 2.27. The summed E-state index contributed by atoms with van der Waals surface area (Å²) in [5, 5.41) is 0. The van der Waals surface area contributed by atoms with Crippen LogP contribution in [0.3, 0.4) is 0 Å². The van der Waals surface area contributed by atoms with Gasteiger partial charge in [0.15, 0.2) is 6.10 Å². The second-order valence-corrected chi connectivity index (χ2v) is 18.6. The summed E-state index contributed by atoms with van der Waals surface area (Å²) in [6.45, 7) is 4.37. The first kappa shape index (κ1) is 57.0. The van der Waals surface area contributed by atoms with E-state index < -0.39 is 26.5 Å². The zero-order chi connectivity index (χ0) is 43.6. The molecule has 0 heterocycles. The third-order valence-corrected chi connectivity index (χ3v) is 11.1. The predicted molar refractivity (Wildman–Crippen MR) is 247 cm³/mol. The van der Waals surface area contributed by atoms with Gasteiger partial charge in [0.1, 0.15) is 19.8 Å². The Kier molecular flexibility index (Phi) is 39.9. The molecular formula is C49H91NO8P+. The summed E-state index contributed by atoms with van der Waals surface area (Å²) < 4.78 is 34.4. The quantitative estimate of drug-likeness (QED) is 0.0212. The number of esters is 2. The Labute approximate surface area is 363 Å². The van der Waals surface area contributed by atoms with Crippen molar-refractivity contribution < 1.29 is 42.1 Å². The van der Waals surface area contributed by atoms with Crippen LogP contribution in [0.2, 0.25) is 0 Å². The number of phosphoric acid groups is 1. The fourth-order valence-electron chi connectivity index (χ4n) is 6.31. The lowest BCUT2D eigenvalue weighted by Gasteiger charge is -2.24. The number of unbranched alkanes of at least 4 members (excludes halogenated alkanes) is 21. The molecule has 0 aromatic heterocycles. The summed E-state index contributed by atoms with van der Waals surface area (Å²) >= 11 is 0. The van der Waals surface area contributed by atoms with Crippen molar-refractivity contribution in [1.82, 2.24) is 0 Å². The zero-order valence-electron chi connectivity index (χ0n) is 38.7. The van der Waals surface area contributed by atoms with E-state index in [1.165, 1.54) is 96.3 Å². The molecule has 344 valence electrons. The number of rotatable bonds is 43. The highest BCUT2D eigenvalue weighted by Crippen LogP contribution is 2.43. The predicted octanol–water partition coefficient (Wildman–Crippen LogP) is 13.9. The average molecular weight is 853 g/mol. The van der Waals surface area contributed by atoms with Gasteiger partial charge in [-0.2, -0.15) is 0 Å². The molecule has 0 aliphatic rings. The smallest absolute Gasteiger partial charge is 0.462 e. The molecule has 0 rings (SSSR count). The van der Waals surface area contributed by atoms with Crippen molar-refractivity contribution in [2.75, 3.05) is 47.5 Å². The maximum absolute atomic E-state index is 12.7. The lowest BCUT2D eigenvalue weighted by molar-refractivity contribution is -0.870. The van der Waals surface area contributed by atoms with Crippen molar-refractivity contribution >= 4 is 19.8 Å². The second kappa shape index (κ2) is 41.3. The molecule has 1 N–H and O–H groups in total. The van der Waals surface area contributed by atoms with Gasteiger partial charge in [-0.25, -0.2) is 4.57 Å². The second-order valence-electron chi connectivity index (χ2n) is 17.1. The van der Waals surface area contributed by atoms with E-state index in [9.17, 15) is 19.0 Å². The monoisotopic (exact) mass is 853 g/mol. The topological polar surface area (TPSA) is 108 Å². The molecule has 0 radical (unpaired) electrons. The van der Waals surface area contributed by atoms with Gasteiger partial charge >= 0.3 is 19.8 Å². The Hall–Kier alpha value is -2.03. The van der Waals surface area contributed by atoms with Gasteiger partial charge in [0.2, 0.25) is 0 Å². The van der Waals surface area contributed by atoms with E-state index in [1.807, 2.05) is 21.1 Å². The summed E-state index contributed by atoms with van der Waals surface area (Å²) in [7, 11) is 1.46. The maximum Gasteiger partial charge on any atom is 0.472 e. The van der Waals surface area contributed by atoms with E-state index >= 15 is 0 Å². The van der Waals surface area contributed by atoms with Gasteiger partial charge in [-0.05, 0) is 77.0 Å². The standard InChI is InChI=1S/C49H90NO8P/c1-6-8-10-12-14-16-18-20-22-24-26-28-30-32-34-36-38-40-42-49(52)58-47(46-57-59(53,54)56-44-43-50(3,4)5)45-55-48(51)41-39-37-35-33-31-29-27-25-23-21-19-17-15-13-11-9-7-2/h15-18,21-24,47H,6-14,19-20,25-46H2,1-5H3/p+1/b17-15-,18-16-,23-21-,24-22-. The fourth-order valence-corrected chi connectivity index (χ4v) is 7.05. The van der Waals surface area contributed by atoms with E-state index in [-0.39, 0.29) is 32.0 Å². The molecule has 0 aromatic rings. The Morgan fingerprint density at radius 3 is 1.37 bits per heavy atom. The molecule has 0 aromatic carbocycles. The number of hydrogen-bond donors (Lipinski definition) is 1. The van der Waals surface area contributed by atoms with Crippen LogP contribution >= 0.6 is 7.82 Å². The number of ether oxygens (including phenoxy) is 2. The number of carbonyl (C=O) groups excluding carboxylic acids is 2. The van der Waals surface area contributed by atoms with E-state index in [1.54, 1.807) is 0 Å². The Morgan fingerprint density at radius 1 is 0.525 bits per heavy atom. The molecule has 0 bridgehead atoms. The molecule has 2 atom stereocenters. The van der Waals surface area contributed by atoms with Crippen molar-refractivity contribution in [1.29, 1.82) is 0 Å². The first-order valence-corrected chi connectivity index (χ1v) is 25.4. The third-order valence-electron chi connectivity index (χ3n) is 10.1. The van der Waals surface area contributed by atoms with E-state index in [0.717, 1.165) is 70.6 Å². The van der Waals surface area contributed by atoms with Crippen molar-refractivity contribution in [2.45, 2.75) is 206 Å². The number of phosphoric ester groups is 1. The summed E-state index contributed by atoms with van der Waals surface area (Å²) in [4.78, 5) is 35.5. The van der Waals surface area contributed by atoms with Crippen molar-refractivity contribution in [3.05, 3.63) is 48.6 Å². The van der Waals surface area contributed by atoms with Crippen LogP contribution in [-0.2, 0) is 32.7 Å². The number of carbonyl (C=O) groups is 2. The van der Waals surface area contributed by atoms with Crippen molar-refractivity contribution in [3.8, 4) is 0 Å². The largest absolute Gasteiger partial charge is 0.472 e. The van der Waals surface area contributed by atoms with Crippen LogP contribution in [0.5, 0.6) is 0 Å². The van der Waals surface area contributed by atoms with E-state index in [4.69, 9.17) is 18.5 Å². The molecule has 59 heavy (non-hydrogen) atoms. The first-order chi connectivity index (χ1) is 28.5. The van der Waals surface area contributed by atoms with Crippen LogP contribution in [0, 0.1) is 0 Å². The molecule has 0 spiro atoms. The average Bonchev–Trinajstić information content (AvgIpc) is 3.19. The highest BCUT2D eigenvalue weighted by atomic mass is 31.2. The van der Waals surface area contributed by atoms with Gasteiger partial charge in [-0.1, -0.05) is 159 Å². The summed E-state index contributed by atoms with van der Waals surface area (Å²) in [5.74, 6) is -0.815. The minimum absolute atomic E-state index is 0.0274. The molecule has 0 amide bonds. The number of nitrogens with zero attached hydrogens (tertiary/aromatic N) is 1. The molecule has 0 aliphatic heterocycles. The molecule has 10 heteroatoms. The Balaban J connectivity index is 4.34. The zero-order valence-corrected chi connectivity index (χ0v) is 39.6. The SMILES string of the molecule is CCCCC/C=C\C/C=C\CCCCCCCCCC(=O)OCC(COP(=O)(O)OCC[N+](C)(C)C)OC(=O)CCCCCCCCC/C=C\C/C=C\CCCCCC. The first-order valence-electron chi connectivity index (χ1n) is 23.9.